The van der Waals surface area contributed by atoms with Gasteiger partial charge in [-0.2, -0.15) is 0 Å². The highest BCUT2D eigenvalue weighted by Crippen LogP contribution is 2.13. The minimum Gasteiger partial charge on any atom is -0.373 e. The molecule has 0 saturated carbocycles. The van der Waals surface area contributed by atoms with Crippen LogP contribution in [-0.4, -0.2) is 17.0 Å². The third-order valence-electron chi connectivity index (χ3n) is 3.41. The monoisotopic (exact) mass is 284 g/mol. The zero-order valence-electron chi connectivity index (χ0n) is 13.1. The molecule has 2 N–H and O–H groups in total. The van der Waals surface area contributed by atoms with Crippen molar-refractivity contribution in [2.45, 2.75) is 39.7 Å². The van der Waals surface area contributed by atoms with Gasteiger partial charge < -0.3 is 10.6 Å². The number of nitrogens with zero attached hydrogens (tertiary/aromatic N) is 2. The van der Waals surface area contributed by atoms with Crippen LogP contribution in [0.5, 0.6) is 0 Å². The van der Waals surface area contributed by atoms with Crippen LogP contribution in [-0.2, 0) is 19.4 Å². The van der Waals surface area contributed by atoms with Crippen LogP contribution >= 0.6 is 0 Å². The van der Waals surface area contributed by atoms with Crippen LogP contribution in [0.15, 0.2) is 30.3 Å². The van der Waals surface area contributed by atoms with Gasteiger partial charge in [0, 0.05) is 26.1 Å². The third-order valence-corrected chi connectivity index (χ3v) is 3.41. The van der Waals surface area contributed by atoms with Crippen molar-refractivity contribution >= 4 is 11.6 Å². The van der Waals surface area contributed by atoms with Crippen molar-refractivity contribution in [3.05, 3.63) is 47.3 Å². The van der Waals surface area contributed by atoms with Crippen molar-refractivity contribution in [2.75, 3.05) is 17.7 Å². The van der Waals surface area contributed by atoms with Crippen LogP contribution in [0.3, 0.4) is 0 Å². The van der Waals surface area contributed by atoms with Crippen LogP contribution in [0.4, 0.5) is 11.6 Å². The average molecular weight is 284 g/mol. The minimum absolute atomic E-state index is 0.774. The first-order valence-corrected chi connectivity index (χ1v) is 7.62. The van der Waals surface area contributed by atoms with E-state index in [-0.39, 0.29) is 0 Å². The number of aromatic nitrogens is 2. The predicted molar refractivity (Wildman–Crippen MR) is 88.7 cm³/mol. The summed E-state index contributed by atoms with van der Waals surface area (Å²) in [6.07, 6.45) is 3.02. The Morgan fingerprint density at radius 1 is 0.952 bits per heavy atom. The lowest BCUT2D eigenvalue weighted by atomic mass is 10.1. The first kappa shape index (κ1) is 15.3. The van der Waals surface area contributed by atoms with Crippen molar-refractivity contribution in [1.29, 1.82) is 0 Å². The van der Waals surface area contributed by atoms with Gasteiger partial charge in [-0.1, -0.05) is 38.1 Å². The topological polar surface area (TPSA) is 49.8 Å². The molecule has 1 heterocycles. The summed E-state index contributed by atoms with van der Waals surface area (Å²) in [7, 11) is 1.88. The van der Waals surface area contributed by atoms with Gasteiger partial charge in [-0.3, -0.25) is 0 Å². The van der Waals surface area contributed by atoms with E-state index in [1.165, 1.54) is 11.1 Å². The Balaban J connectivity index is 2.05. The summed E-state index contributed by atoms with van der Waals surface area (Å²) >= 11 is 0. The number of hydrogen-bond donors (Lipinski definition) is 2. The lowest BCUT2D eigenvalue weighted by Crippen LogP contribution is -2.06. The third kappa shape index (κ3) is 4.45. The molecule has 1 aromatic heterocycles. The summed E-state index contributed by atoms with van der Waals surface area (Å²) in [6, 6.07) is 10.6. The molecule has 0 fully saturated rings. The van der Waals surface area contributed by atoms with E-state index in [1.807, 2.05) is 13.1 Å². The smallest absolute Gasteiger partial charge is 0.133 e. The van der Waals surface area contributed by atoms with E-state index in [0.29, 0.717) is 0 Å². The maximum Gasteiger partial charge on any atom is 0.133 e. The number of benzene rings is 1. The van der Waals surface area contributed by atoms with E-state index in [0.717, 1.165) is 43.3 Å². The molecule has 112 valence electrons. The molecule has 4 nitrogen and oxygen atoms in total. The molecule has 0 aliphatic heterocycles. The van der Waals surface area contributed by atoms with Gasteiger partial charge in [0.15, 0.2) is 0 Å². The highest BCUT2D eigenvalue weighted by Gasteiger charge is 2.03. The molecule has 0 saturated heterocycles. The molecule has 2 rings (SSSR count). The summed E-state index contributed by atoms with van der Waals surface area (Å²) in [5, 5.41) is 6.47. The molecule has 1 aromatic carbocycles. The van der Waals surface area contributed by atoms with Gasteiger partial charge in [-0.25, -0.2) is 9.97 Å². The average Bonchev–Trinajstić information content (AvgIpc) is 2.53. The number of rotatable bonds is 7. The number of nitrogens with one attached hydrogen (secondary N) is 2. The SMILES string of the molecule is CCCc1nc(NC)cc(NCc2ccc(CC)cc2)n1. The Labute approximate surface area is 127 Å². The normalized spacial score (nSPS) is 10.4. The first-order valence-electron chi connectivity index (χ1n) is 7.62. The largest absolute Gasteiger partial charge is 0.373 e. The van der Waals surface area contributed by atoms with Crippen LogP contribution in [0.25, 0.3) is 0 Å². The van der Waals surface area contributed by atoms with Crippen LogP contribution in [0.1, 0.15) is 37.2 Å². The van der Waals surface area contributed by atoms with Crippen molar-refractivity contribution in [1.82, 2.24) is 9.97 Å². The lowest BCUT2D eigenvalue weighted by Gasteiger charge is -2.10. The standard InChI is InChI=1S/C17H24N4/c1-4-6-15-20-16(18-3)11-17(21-15)19-12-14-9-7-13(5-2)8-10-14/h7-11H,4-6,12H2,1-3H3,(H2,18,19,20,21). The first-order chi connectivity index (χ1) is 10.2. The Bertz CT molecular complexity index is 564. The van der Waals surface area contributed by atoms with E-state index in [4.69, 9.17) is 0 Å². The summed E-state index contributed by atoms with van der Waals surface area (Å²) in [6.45, 7) is 5.08. The Morgan fingerprint density at radius 3 is 2.24 bits per heavy atom. The molecule has 0 aliphatic carbocycles. The lowest BCUT2D eigenvalue weighted by molar-refractivity contribution is 0.835. The number of anilines is 2. The zero-order chi connectivity index (χ0) is 15.1. The fourth-order valence-electron chi connectivity index (χ4n) is 2.14. The highest BCUT2D eigenvalue weighted by molar-refractivity contribution is 5.47. The molecule has 0 unspecified atom stereocenters. The van der Waals surface area contributed by atoms with Gasteiger partial charge in [0.2, 0.25) is 0 Å². The summed E-state index contributed by atoms with van der Waals surface area (Å²) in [5.41, 5.74) is 2.62. The Hall–Kier alpha value is -2.10. The molecular formula is C17H24N4. The van der Waals surface area contributed by atoms with Crippen molar-refractivity contribution < 1.29 is 0 Å². The second-order valence-electron chi connectivity index (χ2n) is 5.08. The Morgan fingerprint density at radius 2 is 1.62 bits per heavy atom. The van der Waals surface area contributed by atoms with Gasteiger partial charge in [0.1, 0.15) is 17.5 Å². The predicted octanol–water partition coefficient (Wildman–Crippen LogP) is 3.65. The van der Waals surface area contributed by atoms with E-state index in [2.05, 4.69) is 58.7 Å². The van der Waals surface area contributed by atoms with Gasteiger partial charge in [0.05, 0.1) is 0 Å². The van der Waals surface area contributed by atoms with Gasteiger partial charge in [-0.15, -0.1) is 0 Å². The Kier molecular flexibility index (Phi) is 5.55. The van der Waals surface area contributed by atoms with E-state index < -0.39 is 0 Å². The molecule has 0 bridgehead atoms. The number of hydrogen-bond acceptors (Lipinski definition) is 4. The molecule has 0 atom stereocenters. The van der Waals surface area contributed by atoms with Gasteiger partial charge in [0.25, 0.3) is 0 Å². The fraction of sp³-hybridized carbons (Fsp3) is 0.412. The molecule has 0 radical (unpaired) electrons. The van der Waals surface area contributed by atoms with Gasteiger partial charge >= 0.3 is 0 Å². The molecule has 0 aliphatic rings. The quantitative estimate of drug-likeness (QED) is 0.815. The molecular weight excluding hydrogens is 260 g/mol. The van der Waals surface area contributed by atoms with Crippen LogP contribution in [0.2, 0.25) is 0 Å². The highest BCUT2D eigenvalue weighted by atomic mass is 15.1. The fourth-order valence-corrected chi connectivity index (χ4v) is 2.14. The van der Waals surface area contributed by atoms with Gasteiger partial charge in [-0.05, 0) is 24.0 Å². The number of aryl methyl sites for hydroxylation is 2. The summed E-state index contributed by atoms with van der Waals surface area (Å²) < 4.78 is 0. The second kappa shape index (κ2) is 7.62. The van der Waals surface area contributed by atoms with Crippen LogP contribution in [0, 0.1) is 0 Å². The van der Waals surface area contributed by atoms with E-state index >= 15 is 0 Å². The van der Waals surface area contributed by atoms with Crippen molar-refractivity contribution in [3.8, 4) is 0 Å². The molecule has 0 amide bonds. The summed E-state index contributed by atoms with van der Waals surface area (Å²) in [5.74, 6) is 2.61. The zero-order valence-corrected chi connectivity index (χ0v) is 13.1. The van der Waals surface area contributed by atoms with Crippen LogP contribution < -0.4 is 10.6 Å². The van der Waals surface area contributed by atoms with E-state index in [1.54, 1.807) is 0 Å². The molecule has 21 heavy (non-hydrogen) atoms. The minimum atomic E-state index is 0.774. The van der Waals surface area contributed by atoms with E-state index in [9.17, 15) is 0 Å². The maximum atomic E-state index is 4.56. The summed E-state index contributed by atoms with van der Waals surface area (Å²) in [4.78, 5) is 9.01. The second-order valence-corrected chi connectivity index (χ2v) is 5.08. The molecule has 0 spiro atoms. The maximum absolute atomic E-state index is 4.56. The molecule has 4 heteroatoms. The van der Waals surface area contributed by atoms with Crippen molar-refractivity contribution in [2.24, 2.45) is 0 Å². The molecule has 2 aromatic rings. The van der Waals surface area contributed by atoms with Crippen molar-refractivity contribution in [3.63, 3.8) is 0 Å².